The van der Waals surface area contributed by atoms with Gasteiger partial charge < -0.3 is 11.1 Å². The molecule has 3 N–H and O–H groups in total. The Labute approximate surface area is 125 Å². The molecule has 0 aliphatic rings. The van der Waals surface area contributed by atoms with E-state index >= 15 is 0 Å². The summed E-state index contributed by atoms with van der Waals surface area (Å²) in [5, 5.41) is 11.6. The quantitative estimate of drug-likeness (QED) is 0.849. The summed E-state index contributed by atoms with van der Waals surface area (Å²) in [6.45, 7) is 0. The number of nitrogen functional groups attached to an aromatic ring is 1. The van der Waals surface area contributed by atoms with E-state index in [1.807, 2.05) is 18.2 Å². The molecule has 0 heterocycles. The number of carbonyl (C=O) groups excluding carboxylic acids is 1. The highest BCUT2D eigenvalue weighted by atomic mass is 79.9. The Kier molecular flexibility index (Phi) is 4.38. The first-order valence-corrected chi connectivity index (χ1v) is 6.71. The summed E-state index contributed by atoms with van der Waals surface area (Å²) in [4.78, 5) is 12.0. The molecule has 20 heavy (non-hydrogen) atoms. The monoisotopic (exact) mass is 329 g/mol. The normalized spacial score (nSPS) is 9.80. The molecule has 0 fully saturated rings. The molecular weight excluding hydrogens is 318 g/mol. The first kappa shape index (κ1) is 14.1. The van der Waals surface area contributed by atoms with Crippen molar-refractivity contribution in [2.75, 3.05) is 11.1 Å². The number of nitrogens with zero attached hydrogens (tertiary/aromatic N) is 1. The van der Waals surface area contributed by atoms with E-state index < -0.39 is 0 Å². The molecule has 100 valence electrons. The summed E-state index contributed by atoms with van der Waals surface area (Å²) in [6, 6.07) is 14.3. The van der Waals surface area contributed by atoms with E-state index in [0.717, 1.165) is 5.56 Å². The van der Waals surface area contributed by atoms with Gasteiger partial charge in [0.05, 0.1) is 23.7 Å². The van der Waals surface area contributed by atoms with Gasteiger partial charge in [-0.15, -0.1) is 0 Å². The number of anilines is 2. The van der Waals surface area contributed by atoms with Crippen LogP contribution in [0.3, 0.4) is 0 Å². The van der Waals surface area contributed by atoms with Gasteiger partial charge in [-0.2, -0.15) is 5.26 Å². The van der Waals surface area contributed by atoms with Crippen molar-refractivity contribution in [3.8, 4) is 6.07 Å². The lowest BCUT2D eigenvalue weighted by molar-refractivity contribution is -0.115. The maximum Gasteiger partial charge on any atom is 0.228 e. The fourth-order valence-corrected chi connectivity index (χ4v) is 2.25. The number of hydrogen-bond acceptors (Lipinski definition) is 3. The van der Waals surface area contributed by atoms with Crippen molar-refractivity contribution in [1.29, 1.82) is 5.26 Å². The van der Waals surface area contributed by atoms with E-state index in [1.54, 1.807) is 30.3 Å². The van der Waals surface area contributed by atoms with Crippen molar-refractivity contribution in [2.24, 2.45) is 0 Å². The highest BCUT2D eigenvalue weighted by Gasteiger charge is 2.07. The summed E-state index contributed by atoms with van der Waals surface area (Å²) in [7, 11) is 0. The second-order valence-corrected chi connectivity index (χ2v) is 5.13. The Morgan fingerprint density at radius 3 is 2.75 bits per heavy atom. The highest BCUT2D eigenvalue weighted by Crippen LogP contribution is 2.23. The molecule has 0 saturated heterocycles. The average Bonchev–Trinajstić information content (AvgIpc) is 2.41. The Bertz CT molecular complexity index is 692. The molecule has 0 bridgehead atoms. The molecule has 0 atom stereocenters. The van der Waals surface area contributed by atoms with E-state index in [-0.39, 0.29) is 12.3 Å². The number of nitrogens with two attached hydrogens (primary N) is 1. The van der Waals surface area contributed by atoms with E-state index in [9.17, 15) is 4.79 Å². The first-order valence-electron chi connectivity index (χ1n) is 5.92. The van der Waals surface area contributed by atoms with Crippen LogP contribution in [0.5, 0.6) is 0 Å². The van der Waals surface area contributed by atoms with Crippen molar-refractivity contribution < 1.29 is 4.79 Å². The number of carbonyl (C=O) groups is 1. The van der Waals surface area contributed by atoms with Crippen LogP contribution in [0.4, 0.5) is 11.4 Å². The third-order valence-electron chi connectivity index (χ3n) is 2.69. The van der Waals surface area contributed by atoms with Crippen LogP contribution in [0.15, 0.2) is 46.9 Å². The van der Waals surface area contributed by atoms with Crippen molar-refractivity contribution >= 4 is 33.2 Å². The average molecular weight is 330 g/mol. The van der Waals surface area contributed by atoms with Gasteiger partial charge in [-0.05, 0) is 51.8 Å². The van der Waals surface area contributed by atoms with Crippen LogP contribution in [0, 0.1) is 11.3 Å². The molecule has 2 aromatic rings. The second kappa shape index (κ2) is 6.22. The topological polar surface area (TPSA) is 78.9 Å². The maximum atomic E-state index is 12.0. The summed E-state index contributed by atoms with van der Waals surface area (Å²) < 4.78 is 0.678. The van der Waals surface area contributed by atoms with E-state index in [4.69, 9.17) is 11.0 Å². The molecule has 2 rings (SSSR count). The molecular formula is C15H12BrN3O. The fraction of sp³-hybridized carbons (Fsp3) is 0.0667. The number of amides is 1. The summed E-state index contributed by atoms with van der Waals surface area (Å²) in [6.07, 6.45) is 0.248. The van der Waals surface area contributed by atoms with Gasteiger partial charge >= 0.3 is 0 Å². The molecule has 2 aromatic carbocycles. The fourth-order valence-electron chi connectivity index (χ4n) is 1.77. The third kappa shape index (κ3) is 3.59. The predicted molar refractivity (Wildman–Crippen MR) is 82.0 cm³/mol. The van der Waals surface area contributed by atoms with Gasteiger partial charge in [-0.1, -0.05) is 12.1 Å². The van der Waals surface area contributed by atoms with Gasteiger partial charge in [-0.25, -0.2) is 0 Å². The Morgan fingerprint density at radius 2 is 2.10 bits per heavy atom. The number of benzene rings is 2. The molecule has 0 aliphatic carbocycles. The van der Waals surface area contributed by atoms with E-state index in [2.05, 4.69) is 21.2 Å². The minimum atomic E-state index is -0.138. The molecule has 0 radical (unpaired) electrons. The van der Waals surface area contributed by atoms with E-state index in [0.29, 0.717) is 21.4 Å². The van der Waals surface area contributed by atoms with Crippen LogP contribution in [0.1, 0.15) is 11.1 Å². The van der Waals surface area contributed by atoms with E-state index in [1.165, 1.54) is 0 Å². The minimum Gasteiger partial charge on any atom is -0.399 e. The zero-order chi connectivity index (χ0) is 14.5. The van der Waals surface area contributed by atoms with Crippen molar-refractivity contribution in [1.82, 2.24) is 0 Å². The lowest BCUT2D eigenvalue weighted by Gasteiger charge is -2.08. The molecule has 0 saturated carbocycles. The van der Waals surface area contributed by atoms with Gasteiger partial charge in [0, 0.05) is 10.2 Å². The molecule has 0 unspecified atom stereocenters. The SMILES string of the molecule is N#Cc1ccc(NC(=O)Cc2cccc(N)c2)c(Br)c1. The molecule has 0 aliphatic heterocycles. The summed E-state index contributed by atoms with van der Waals surface area (Å²) in [5.41, 5.74) is 8.33. The van der Waals surface area contributed by atoms with Crippen LogP contribution in [-0.4, -0.2) is 5.91 Å². The lowest BCUT2D eigenvalue weighted by atomic mass is 10.1. The number of nitriles is 1. The van der Waals surface area contributed by atoms with Gasteiger partial charge in [0.25, 0.3) is 0 Å². The lowest BCUT2D eigenvalue weighted by Crippen LogP contribution is -2.14. The molecule has 4 nitrogen and oxygen atoms in total. The van der Waals surface area contributed by atoms with Crippen LogP contribution >= 0.6 is 15.9 Å². The molecule has 5 heteroatoms. The third-order valence-corrected chi connectivity index (χ3v) is 3.34. The van der Waals surface area contributed by atoms with Crippen LogP contribution in [0.25, 0.3) is 0 Å². The summed E-state index contributed by atoms with van der Waals surface area (Å²) in [5.74, 6) is -0.138. The Morgan fingerprint density at radius 1 is 1.30 bits per heavy atom. The standard InChI is InChI=1S/C15H12BrN3O/c16-13-7-11(9-17)4-5-14(13)19-15(20)8-10-2-1-3-12(18)6-10/h1-7H,8,18H2,(H,19,20). The largest absolute Gasteiger partial charge is 0.399 e. The number of rotatable bonds is 3. The second-order valence-electron chi connectivity index (χ2n) is 4.28. The Balaban J connectivity index is 2.07. The maximum absolute atomic E-state index is 12.0. The zero-order valence-corrected chi connectivity index (χ0v) is 12.1. The van der Waals surface area contributed by atoms with Crippen LogP contribution < -0.4 is 11.1 Å². The molecule has 1 amide bonds. The molecule has 0 spiro atoms. The molecule has 0 aromatic heterocycles. The minimum absolute atomic E-state index is 0.138. The Hall–Kier alpha value is -2.32. The number of hydrogen-bond donors (Lipinski definition) is 2. The first-order chi connectivity index (χ1) is 9.58. The number of halogens is 1. The van der Waals surface area contributed by atoms with Crippen molar-refractivity contribution in [3.63, 3.8) is 0 Å². The highest BCUT2D eigenvalue weighted by molar-refractivity contribution is 9.10. The van der Waals surface area contributed by atoms with Gasteiger partial charge in [0.2, 0.25) is 5.91 Å². The predicted octanol–water partition coefficient (Wildman–Crippen LogP) is 3.08. The van der Waals surface area contributed by atoms with Gasteiger partial charge in [0.15, 0.2) is 0 Å². The number of nitrogens with one attached hydrogen (secondary N) is 1. The van der Waals surface area contributed by atoms with Gasteiger partial charge in [-0.3, -0.25) is 4.79 Å². The smallest absolute Gasteiger partial charge is 0.228 e. The van der Waals surface area contributed by atoms with Crippen LogP contribution in [0.2, 0.25) is 0 Å². The van der Waals surface area contributed by atoms with Gasteiger partial charge in [0.1, 0.15) is 0 Å². The van der Waals surface area contributed by atoms with Crippen molar-refractivity contribution in [3.05, 3.63) is 58.1 Å². The summed E-state index contributed by atoms with van der Waals surface area (Å²) >= 11 is 3.33. The zero-order valence-electron chi connectivity index (χ0n) is 10.6. The van der Waals surface area contributed by atoms with Crippen molar-refractivity contribution in [2.45, 2.75) is 6.42 Å². The van der Waals surface area contributed by atoms with Crippen LogP contribution in [-0.2, 0) is 11.2 Å².